The van der Waals surface area contributed by atoms with Gasteiger partial charge in [0.1, 0.15) is 11.6 Å². The molecule has 3 aromatic rings. The van der Waals surface area contributed by atoms with Crippen LogP contribution >= 0.6 is 11.6 Å². The fourth-order valence-corrected chi connectivity index (χ4v) is 3.88. The van der Waals surface area contributed by atoms with Gasteiger partial charge >= 0.3 is 6.03 Å². The second-order valence-corrected chi connectivity index (χ2v) is 8.84. The minimum absolute atomic E-state index is 0.0190. The van der Waals surface area contributed by atoms with E-state index in [1.807, 2.05) is 4.90 Å². The highest BCUT2D eigenvalue weighted by Crippen LogP contribution is 2.26. The molecule has 0 saturated carbocycles. The molecule has 0 aliphatic heterocycles. The summed E-state index contributed by atoms with van der Waals surface area (Å²) in [5.74, 6) is -1.71. The number of hydrogen-bond donors (Lipinski definition) is 5. The molecule has 0 radical (unpaired) electrons. The van der Waals surface area contributed by atoms with E-state index in [0.29, 0.717) is 49.7 Å². The zero-order valence-electron chi connectivity index (χ0n) is 20.4. The molecule has 2 amide bonds. The molecule has 0 atom stereocenters. The van der Waals surface area contributed by atoms with E-state index in [9.17, 15) is 18.4 Å². The summed E-state index contributed by atoms with van der Waals surface area (Å²) in [6.07, 6.45) is 2.60. The zero-order valence-corrected chi connectivity index (χ0v) is 21.2. The fraction of sp³-hybridized carbons (Fsp3) is 0.320. The third-order valence-corrected chi connectivity index (χ3v) is 6.16. The Hall–Kier alpha value is -3.38. The van der Waals surface area contributed by atoms with Crippen molar-refractivity contribution in [2.24, 2.45) is 11.5 Å². The van der Waals surface area contributed by atoms with Gasteiger partial charge in [-0.15, -0.1) is 0 Å². The normalized spacial score (nSPS) is 11.1. The SMILES string of the molecule is Cc1cccc(NC(=O)Nc2nc(=O)c(-c3cc(F)c(CN(CCCN)CCCN)c(F)c3)c[nH]2)c1Cl. The lowest BCUT2D eigenvalue weighted by molar-refractivity contribution is 0.254. The summed E-state index contributed by atoms with van der Waals surface area (Å²) in [7, 11) is 0. The predicted octanol–water partition coefficient (Wildman–Crippen LogP) is 3.82. The maximum Gasteiger partial charge on any atom is 0.326 e. The Kier molecular flexibility index (Phi) is 10.1. The third-order valence-electron chi connectivity index (χ3n) is 5.66. The molecule has 9 nitrogen and oxygen atoms in total. The van der Waals surface area contributed by atoms with Gasteiger partial charge in [0.25, 0.3) is 5.56 Å². The van der Waals surface area contributed by atoms with E-state index in [0.717, 1.165) is 17.7 Å². The van der Waals surface area contributed by atoms with Gasteiger partial charge in [0.15, 0.2) is 0 Å². The summed E-state index contributed by atoms with van der Waals surface area (Å²) in [5.41, 5.74) is 11.4. The number of urea groups is 1. The van der Waals surface area contributed by atoms with Crippen LogP contribution < -0.4 is 27.7 Å². The standard InChI is InChI=1S/C25H30ClF2N7O2/c1-15-5-2-6-21(22(15)26)32-25(37)34-24-31-13-17(23(36)33-24)16-11-19(27)18(20(28)12-16)14-35(9-3-7-29)10-4-8-30/h2,5-6,11-13H,3-4,7-10,14,29-30H2,1H3,(H3,31,32,33,34,36,37). The van der Waals surface area contributed by atoms with Gasteiger partial charge in [0.2, 0.25) is 5.95 Å². The molecule has 198 valence electrons. The maximum atomic E-state index is 14.9. The Morgan fingerprint density at radius 2 is 1.76 bits per heavy atom. The number of carbonyl (C=O) groups excluding carboxylic acids is 1. The largest absolute Gasteiger partial charge is 0.331 e. The van der Waals surface area contributed by atoms with Gasteiger partial charge in [-0.05, 0) is 75.3 Å². The number of carbonyl (C=O) groups is 1. The Morgan fingerprint density at radius 1 is 1.11 bits per heavy atom. The lowest BCUT2D eigenvalue weighted by Crippen LogP contribution is -2.29. The van der Waals surface area contributed by atoms with E-state index in [4.69, 9.17) is 23.1 Å². The summed E-state index contributed by atoms with van der Waals surface area (Å²) < 4.78 is 29.9. The maximum absolute atomic E-state index is 14.9. The quantitative estimate of drug-likeness (QED) is 0.253. The number of aromatic amines is 1. The van der Waals surface area contributed by atoms with Gasteiger partial charge in [0, 0.05) is 18.3 Å². The Bertz CT molecular complexity index is 1270. The van der Waals surface area contributed by atoms with Crippen molar-refractivity contribution in [3.8, 4) is 11.1 Å². The monoisotopic (exact) mass is 533 g/mol. The van der Waals surface area contributed by atoms with Crippen LogP contribution in [0.4, 0.5) is 25.2 Å². The number of nitrogens with one attached hydrogen (secondary N) is 3. The smallest absolute Gasteiger partial charge is 0.326 e. The Balaban J connectivity index is 1.75. The molecule has 7 N–H and O–H groups in total. The summed E-state index contributed by atoms with van der Waals surface area (Å²) in [6, 6.07) is 6.65. The Labute approximate surface area is 218 Å². The first kappa shape index (κ1) is 28.2. The van der Waals surface area contributed by atoms with Gasteiger partial charge in [0.05, 0.1) is 16.3 Å². The van der Waals surface area contributed by atoms with Crippen LogP contribution in [0.15, 0.2) is 41.3 Å². The lowest BCUT2D eigenvalue weighted by atomic mass is 10.0. The van der Waals surface area contributed by atoms with Crippen LogP contribution in [-0.2, 0) is 6.54 Å². The minimum atomic E-state index is -0.781. The van der Waals surface area contributed by atoms with Crippen molar-refractivity contribution >= 4 is 29.3 Å². The number of aryl methyl sites for hydroxylation is 1. The van der Waals surface area contributed by atoms with Crippen molar-refractivity contribution in [2.45, 2.75) is 26.3 Å². The van der Waals surface area contributed by atoms with E-state index < -0.39 is 23.2 Å². The average molecular weight is 534 g/mol. The lowest BCUT2D eigenvalue weighted by Gasteiger charge is -2.22. The summed E-state index contributed by atoms with van der Waals surface area (Å²) in [6.45, 7) is 3.93. The number of hydrogen-bond acceptors (Lipinski definition) is 6. The number of amides is 2. The van der Waals surface area contributed by atoms with Gasteiger partial charge in [-0.3, -0.25) is 15.0 Å². The van der Waals surface area contributed by atoms with Crippen molar-refractivity contribution in [1.82, 2.24) is 14.9 Å². The molecule has 0 spiro atoms. The second kappa shape index (κ2) is 13.2. The van der Waals surface area contributed by atoms with E-state index in [-0.39, 0.29) is 29.2 Å². The molecule has 12 heteroatoms. The first-order valence-corrected chi connectivity index (χ1v) is 12.1. The number of H-pyrrole nitrogens is 1. The number of benzene rings is 2. The van der Waals surface area contributed by atoms with Crippen LogP contribution in [0.5, 0.6) is 0 Å². The predicted molar refractivity (Wildman–Crippen MR) is 142 cm³/mol. The molecule has 0 bridgehead atoms. The van der Waals surface area contributed by atoms with Gasteiger partial charge < -0.3 is 21.8 Å². The summed E-state index contributed by atoms with van der Waals surface area (Å²) >= 11 is 6.17. The molecule has 37 heavy (non-hydrogen) atoms. The highest BCUT2D eigenvalue weighted by Gasteiger charge is 2.18. The number of nitrogens with two attached hydrogens (primary N) is 2. The molecule has 1 aromatic heterocycles. The molecule has 1 heterocycles. The molecular formula is C25H30ClF2N7O2. The number of anilines is 2. The number of aromatic nitrogens is 2. The molecular weight excluding hydrogens is 504 g/mol. The van der Waals surface area contributed by atoms with E-state index >= 15 is 0 Å². The second-order valence-electron chi connectivity index (χ2n) is 8.46. The fourth-order valence-electron chi connectivity index (χ4n) is 3.71. The molecule has 0 unspecified atom stereocenters. The molecule has 2 aromatic carbocycles. The molecule has 3 rings (SSSR count). The third kappa shape index (κ3) is 7.56. The van der Waals surface area contributed by atoms with Gasteiger partial charge in [-0.25, -0.2) is 13.6 Å². The van der Waals surface area contributed by atoms with Crippen molar-refractivity contribution in [2.75, 3.05) is 36.8 Å². The van der Waals surface area contributed by atoms with Gasteiger partial charge in [-0.2, -0.15) is 4.98 Å². The topological polar surface area (TPSA) is 142 Å². The average Bonchev–Trinajstić information content (AvgIpc) is 2.85. The van der Waals surface area contributed by atoms with Crippen LogP contribution in [0.1, 0.15) is 24.0 Å². The highest BCUT2D eigenvalue weighted by atomic mass is 35.5. The number of halogens is 3. The summed E-state index contributed by atoms with van der Waals surface area (Å²) in [5, 5.41) is 5.34. The van der Waals surface area contributed by atoms with Crippen LogP contribution in [0.3, 0.4) is 0 Å². The molecule has 0 saturated heterocycles. The Morgan fingerprint density at radius 3 is 2.35 bits per heavy atom. The number of nitrogens with zero attached hydrogens (tertiary/aromatic N) is 2. The van der Waals surface area contributed by atoms with Crippen LogP contribution in [0.2, 0.25) is 5.02 Å². The van der Waals surface area contributed by atoms with E-state index in [2.05, 4.69) is 20.6 Å². The van der Waals surface area contributed by atoms with Crippen LogP contribution in [-0.4, -0.2) is 47.1 Å². The van der Waals surface area contributed by atoms with E-state index in [1.54, 1.807) is 25.1 Å². The van der Waals surface area contributed by atoms with Gasteiger partial charge in [-0.1, -0.05) is 23.7 Å². The van der Waals surface area contributed by atoms with Crippen molar-refractivity contribution in [1.29, 1.82) is 0 Å². The molecule has 0 fully saturated rings. The minimum Gasteiger partial charge on any atom is -0.331 e. The number of rotatable bonds is 11. The van der Waals surface area contributed by atoms with Crippen LogP contribution in [0, 0.1) is 18.6 Å². The van der Waals surface area contributed by atoms with Crippen molar-refractivity contribution in [3.63, 3.8) is 0 Å². The first-order valence-electron chi connectivity index (χ1n) is 11.8. The molecule has 0 aliphatic rings. The van der Waals surface area contributed by atoms with Crippen LogP contribution in [0.25, 0.3) is 11.1 Å². The summed E-state index contributed by atoms with van der Waals surface area (Å²) in [4.78, 5) is 33.2. The zero-order chi connectivity index (χ0) is 26.9. The first-order chi connectivity index (χ1) is 17.7. The highest BCUT2D eigenvalue weighted by molar-refractivity contribution is 6.34. The molecule has 0 aliphatic carbocycles. The van der Waals surface area contributed by atoms with Crippen molar-refractivity contribution < 1.29 is 13.6 Å². The van der Waals surface area contributed by atoms with Crippen molar-refractivity contribution in [3.05, 3.63) is 74.7 Å². The van der Waals surface area contributed by atoms with E-state index in [1.165, 1.54) is 6.20 Å².